The molecule has 0 aliphatic rings. The van der Waals surface area contributed by atoms with Crippen LogP contribution in [0.4, 0.5) is 21.0 Å². The number of hydrogen-bond acceptors (Lipinski definition) is 6. The lowest BCUT2D eigenvalue weighted by Crippen LogP contribution is -2.27. The van der Waals surface area contributed by atoms with E-state index >= 15 is 0 Å². The van der Waals surface area contributed by atoms with Gasteiger partial charge in [-0.2, -0.15) is 0 Å². The van der Waals surface area contributed by atoms with Crippen LogP contribution in [0, 0.1) is 0 Å². The molecular weight excluding hydrogens is 504 g/mol. The highest BCUT2D eigenvalue weighted by Gasteiger charge is 2.08. The van der Waals surface area contributed by atoms with Crippen LogP contribution in [0.15, 0.2) is 24.3 Å². The van der Waals surface area contributed by atoms with Gasteiger partial charge in [0.15, 0.2) is 0 Å². The van der Waals surface area contributed by atoms with Crippen molar-refractivity contribution >= 4 is 23.6 Å². The fourth-order valence-corrected chi connectivity index (χ4v) is 4.44. The molecule has 8 heteroatoms. The van der Waals surface area contributed by atoms with Gasteiger partial charge in [-0.1, -0.05) is 104 Å². The second-order valence-corrected chi connectivity index (χ2v) is 11.1. The summed E-state index contributed by atoms with van der Waals surface area (Å²) in [5.41, 5.74) is 1.19. The minimum atomic E-state index is -0.498. The van der Waals surface area contributed by atoms with Crippen molar-refractivity contribution in [1.29, 1.82) is 0 Å². The van der Waals surface area contributed by atoms with Gasteiger partial charge in [-0.25, -0.2) is 9.59 Å². The first-order chi connectivity index (χ1) is 19.4. The van der Waals surface area contributed by atoms with E-state index in [0.29, 0.717) is 11.4 Å². The molecule has 1 aromatic carbocycles. The summed E-state index contributed by atoms with van der Waals surface area (Å²) < 4.78 is 10.6. The number of hydrogen-bond donors (Lipinski definition) is 2. The highest BCUT2D eigenvalue weighted by Crippen LogP contribution is 2.15. The van der Waals surface area contributed by atoms with Crippen LogP contribution >= 0.6 is 0 Å². The van der Waals surface area contributed by atoms with Crippen LogP contribution in [0.2, 0.25) is 0 Å². The molecule has 8 nitrogen and oxygen atoms in total. The predicted octanol–water partition coefficient (Wildman–Crippen LogP) is 8.84. The van der Waals surface area contributed by atoms with Crippen LogP contribution in [0.25, 0.3) is 0 Å². The van der Waals surface area contributed by atoms with Gasteiger partial charge in [0, 0.05) is 24.5 Å². The monoisotopic (exact) mass is 562 g/mol. The Morgan fingerprint density at radius 2 is 0.850 bits per heavy atom. The molecule has 0 fully saturated rings. The van der Waals surface area contributed by atoms with Crippen molar-refractivity contribution in [3.05, 3.63) is 24.3 Å². The van der Waals surface area contributed by atoms with E-state index in [4.69, 9.17) is 9.47 Å². The van der Waals surface area contributed by atoms with E-state index in [1.165, 1.54) is 89.9 Å². The molecule has 0 atom stereocenters. The zero-order valence-electron chi connectivity index (χ0n) is 26.0. The summed E-state index contributed by atoms with van der Waals surface area (Å²) >= 11 is 0. The van der Waals surface area contributed by atoms with Crippen LogP contribution in [0.3, 0.4) is 0 Å². The van der Waals surface area contributed by atoms with Crippen molar-refractivity contribution in [2.24, 2.45) is 0 Å². The summed E-state index contributed by atoms with van der Waals surface area (Å²) in [6.45, 7) is 6.81. The summed E-state index contributed by atoms with van der Waals surface area (Å²) in [6.07, 6.45) is 19.5. The second kappa shape index (κ2) is 24.5. The molecule has 40 heavy (non-hydrogen) atoms. The van der Waals surface area contributed by atoms with Gasteiger partial charge in [-0.15, -0.1) is 0 Å². The maximum absolute atomic E-state index is 12.1. The number of ether oxygens (including phenoxy) is 2. The number of nitrogens with one attached hydrogen (secondary N) is 2. The molecule has 2 N–H and O–H groups in total. The van der Waals surface area contributed by atoms with Crippen LogP contribution in [0.5, 0.6) is 0 Å². The Kier molecular flexibility index (Phi) is 21.8. The van der Waals surface area contributed by atoms with Crippen molar-refractivity contribution in [3.8, 4) is 0 Å². The Balaban J connectivity index is 2.12. The number of rotatable bonds is 24. The van der Waals surface area contributed by atoms with E-state index in [2.05, 4.69) is 24.5 Å². The highest BCUT2D eigenvalue weighted by atomic mass is 16.6. The van der Waals surface area contributed by atoms with E-state index < -0.39 is 12.2 Å². The molecule has 0 unspecified atom stereocenters. The van der Waals surface area contributed by atoms with Gasteiger partial charge in [-0.05, 0) is 51.2 Å². The highest BCUT2D eigenvalue weighted by molar-refractivity contribution is 5.87. The lowest BCUT2D eigenvalue weighted by Gasteiger charge is -2.17. The van der Waals surface area contributed by atoms with E-state index in [1.54, 1.807) is 24.3 Å². The van der Waals surface area contributed by atoms with Crippen molar-refractivity contribution in [2.75, 3.05) is 51.3 Å². The fourth-order valence-electron chi connectivity index (χ4n) is 4.44. The summed E-state index contributed by atoms with van der Waals surface area (Å²) in [5, 5.41) is 5.44. The molecule has 0 aliphatic carbocycles. The Morgan fingerprint density at radius 1 is 0.550 bits per heavy atom. The summed E-state index contributed by atoms with van der Waals surface area (Å²) in [5.74, 6) is 0. The minimum absolute atomic E-state index is 0.251. The maximum Gasteiger partial charge on any atom is 0.412 e. The van der Waals surface area contributed by atoms with Gasteiger partial charge >= 0.3 is 12.2 Å². The molecular formula is C32H58N4O4. The first-order valence-corrected chi connectivity index (χ1v) is 15.8. The van der Waals surface area contributed by atoms with Gasteiger partial charge in [0.2, 0.25) is 0 Å². The van der Waals surface area contributed by atoms with E-state index in [9.17, 15) is 9.59 Å². The first-order valence-electron chi connectivity index (χ1n) is 15.8. The third kappa shape index (κ3) is 20.6. The number of benzene rings is 1. The van der Waals surface area contributed by atoms with E-state index in [1.807, 2.05) is 23.9 Å². The third-order valence-corrected chi connectivity index (χ3v) is 7.00. The minimum Gasteiger partial charge on any atom is -0.433 e. The molecule has 1 aromatic rings. The maximum atomic E-state index is 12.1. The number of amides is 2. The fraction of sp³-hybridized carbons (Fsp3) is 0.750. The Labute approximate surface area is 244 Å². The lowest BCUT2D eigenvalue weighted by atomic mass is 10.1. The van der Waals surface area contributed by atoms with Crippen LogP contribution in [-0.4, -0.2) is 62.6 Å². The number of unbranched alkanes of at least 4 members (excludes halogenated alkanes) is 14. The predicted molar refractivity (Wildman–Crippen MR) is 167 cm³/mol. The SMILES string of the molecule is CCCCCCCCCCN(C)COC(=O)Nc1ccc(NC(=O)OCN(C)CCCCCCCCCC)cc1. The quantitative estimate of drug-likeness (QED) is 0.0967. The average molecular weight is 563 g/mol. The zero-order chi connectivity index (χ0) is 29.3. The zero-order valence-corrected chi connectivity index (χ0v) is 26.0. The Bertz CT molecular complexity index is 697. The molecule has 0 saturated heterocycles. The van der Waals surface area contributed by atoms with E-state index in [0.717, 1.165) is 25.9 Å². The topological polar surface area (TPSA) is 83.1 Å². The molecule has 0 aromatic heterocycles. The van der Waals surface area contributed by atoms with Crippen LogP contribution in [0.1, 0.15) is 117 Å². The molecule has 230 valence electrons. The van der Waals surface area contributed by atoms with E-state index in [-0.39, 0.29) is 13.5 Å². The molecule has 0 radical (unpaired) electrons. The van der Waals surface area contributed by atoms with Crippen molar-refractivity contribution in [1.82, 2.24) is 9.80 Å². The Morgan fingerprint density at radius 3 is 1.18 bits per heavy atom. The second-order valence-electron chi connectivity index (χ2n) is 11.1. The summed E-state index contributed by atoms with van der Waals surface area (Å²) in [4.78, 5) is 28.3. The molecule has 0 aliphatic heterocycles. The summed E-state index contributed by atoms with van der Waals surface area (Å²) in [6, 6.07) is 6.87. The van der Waals surface area contributed by atoms with Gasteiger partial charge in [0.1, 0.15) is 13.5 Å². The molecule has 1 rings (SSSR count). The summed E-state index contributed by atoms with van der Waals surface area (Å²) in [7, 11) is 3.92. The smallest absolute Gasteiger partial charge is 0.412 e. The van der Waals surface area contributed by atoms with Crippen LogP contribution < -0.4 is 10.6 Å². The van der Waals surface area contributed by atoms with Gasteiger partial charge < -0.3 is 9.47 Å². The standard InChI is InChI=1S/C32H58N4O4/c1-5-7-9-11-13-15-17-19-25-35(3)27-39-31(37)33-29-21-23-30(24-22-29)34-32(38)40-28-36(4)26-20-18-16-14-12-10-8-6-2/h21-24H,5-20,25-28H2,1-4H3,(H,33,37)(H,34,38). The van der Waals surface area contributed by atoms with Gasteiger partial charge in [-0.3, -0.25) is 20.4 Å². The van der Waals surface area contributed by atoms with Crippen molar-refractivity contribution < 1.29 is 19.1 Å². The van der Waals surface area contributed by atoms with Gasteiger partial charge in [0.05, 0.1) is 0 Å². The number of carbonyl (C=O) groups is 2. The molecule has 0 bridgehead atoms. The van der Waals surface area contributed by atoms with Crippen molar-refractivity contribution in [3.63, 3.8) is 0 Å². The molecule has 0 saturated carbocycles. The Hall–Kier alpha value is -2.32. The molecule has 0 spiro atoms. The normalized spacial score (nSPS) is 11.2. The number of anilines is 2. The lowest BCUT2D eigenvalue weighted by molar-refractivity contribution is 0.0917. The first kappa shape index (κ1) is 35.7. The van der Waals surface area contributed by atoms with Gasteiger partial charge in [0.25, 0.3) is 0 Å². The average Bonchev–Trinajstić information content (AvgIpc) is 2.94. The third-order valence-electron chi connectivity index (χ3n) is 7.00. The van der Waals surface area contributed by atoms with Crippen molar-refractivity contribution in [2.45, 2.75) is 117 Å². The molecule has 0 heterocycles. The molecule has 2 amide bonds. The van der Waals surface area contributed by atoms with Crippen LogP contribution in [-0.2, 0) is 9.47 Å². The number of nitrogens with zero attached hydrogens (tertiary/aromatic N) is 2. The largest absolute Gasteiger partial charge is 0.433 e. The number of carbonyl (C=O) groups excluding carboxylic acids is 2.